The summed E-state index contributed by atoms with van der Waals surface area (Å²) >= 11 is 12.3. The zero-order valence-corrected chi connectivity index (χ0v) is 30.2. The second-order valence-electron chi connectivity index (χ2n) is 12.6. The third kappa shape index (κ3) is 8.42. The van der Waals surface area contributed by atoms with Crippen molar-refractivity contribution in [3.05, 3.63) is 184 Å². The minimum Gasteiger partial charge on any atom is -0.483 e. The van der Waals surface area contributed by atoms with Crippen LogP contribution in [0.3, 0.4) is 0 Å². The predicted molar refractivity (Wildman–Crippen MR) is 207 cm³/mol. The highest BCUT2D eigenvalue weighted by molar-refractivity contribution is 6.30. The van der Waals surface area contributed by atoms with Crippen LogP contribution in [0.4, 0.5) is 0 Å². The third-order valence-electron chi connectivity index (χ3n) is 9.17. The number of alkyl halides is 1. The van der Waals surface area contributed by atoms with E-state index in [1.54, 1.807) is 48.5 Å². The molecule has 0 spiro atoms. The van der Waals surface area contributed by atoms with Gasteiger partial charge in [0.1, 0.15) is 22.8 Å². The summed E-state index contributed by atoms with van der Waals surface area (Å²) in [4.78, 5) is 25.9. The van der Waals surface area contributed by atoms with Gasteiger partial charge in [0.15, 0.2) is 11.6 Å². The van der Waals surface area contributed by atoms with Gasteiger partial charge in [0.2, 0.25) is 0 Å². The van der Waals surface area contributed by atoms with Crippen molar-refractivity contribution < 1.29 is 19.1 Å². The van der Waals surface area contributed by atoms with Gasteiger partial charge in [-0.2, -0.15) is 0 Å². The van der Waals surface area contributed by atoms with Crippen LogP contribution in [-0.4, -0.2) is 11.6 Å². The molecule has 0 fully saturated rings. The van der Waals surface area contributed by atoms with E-state index in [9.17, 15) is 9.59 Å². The van der Waals surface area contributed by atoms with Gasteiger partial charge in [-0.15, -0.1) is 11.6 Å². The zero-order chi connectivity index (χ0) is 36.0. The molecule has 4 nitrogen and oxygen atoms in total. The number of ketones is 2. The van der Waals surface area contributed by atoms with E-state index in [4.69, 9.17) is 32.7 Å². The Hall–Kier alpha value is -5.16. The molecular weight excluding hydrogens is 675 g/mol. The first kappa shape index (κ1) is 35.7. The number of rotatable bonds is 13. The molecule has 0 N–H and O–H groups in total. The van der Waals surface area contributed by atoms with Crippen molar-refractivity contribution >= 4 is 34.8 Å². The smallest absolute Gasteiger partial charge is 0.193 e. The molecule has 0 aliphatic rings. The normalized spacial score (nSPS) is 12.8. The molecule has 2 unspecified atom stereocenters. The van der Waals surface area contributed by atoms with Crippen LogP contribution < -0.4 is 9.47 Å². The Morgan fingerprint density at radius 3 is 1.41 bits per heavy atom. The summed E-state index contributed by atoms with van der Waals surface area (Å²) in [6.07, 6.45) is 1.57. The fourth-order valence-corrected chi connectivity index (χ4v) is 6.10. The second kappa shape index (κ2) is 15.8. The molecule has 256 valence electrons. The molecule has 0 saturated heterocycles. The molecule has 0 aromatic heterocycles. The molecular formula is C45H38Cl2O4. The maximum absolute atomic E-state index is 13.0. The molecule has 6 aromatic carbocycles. The number of hydrogen-bond donors (Lipinski definition) is 0. The standard InChI is InChI=1S/C45H38Cl2O4/c1-4-42(47)32-6-8-33(9-7-32)43(48)36-18-26-40(27-19-36)50-39-24-14-30(15-25-39)31-16-28-41(29-17-31)51-45(3,5-2)37-20-10-34(11-21-37)44(49)35-12-22-38(46)23-13-35/h6-29,42H,4-5H2,1-3H3. The number of halogens is 2. The Morgan fingerprint density at radius 1 is 0.569 bits per heavy atom. The fraction of sp³-hybridized carbons (Fsp3) is 0.156. The van der Waals surface area contributed by atoms with Crippen molar-refractivity contribution in [2.75, 3.05) is 0 Å². The average Bonchev–Trinajstić information content (AvgIpc) is 3.18. The Morgan fingerprint density at radius 2 is 0.961 bits per heavy atom. The van der Waals surface area contributed by atoms with Crippen LogP contribution in [0.15, 0.2) is 146 Å². The SMILES string of the molecule is CCC(Cl)c1ccc(C(=O)c2ccc(Oc3ccc(-c4ccc(OC(C)(CC)c5ccc(C(=O)c6ccc(Cl)cc6)cc5)cc4)cc3)cc2)cc1. The Balaban J connectivity index is 1.06. The van der Waals surface area contributed by atoms with E-state index in [0.29, 0.717) is 38.8 Å². The zero-order valence-electron chi connectivity index (χ0n) is 28.7. The topological polar surface area (TPSA) is 52.6 Å². The molecule has 0 saturated carbocycles. The molecule has 0 aliphatic heterocycles. The van der Waals surface area contributed by atoms with Gasteiger partial charge >= 0.3 is 0 Å². The van der Waals surface area contributed by atoms with Gasteiger partial charge < -0.3 is 9.47 Å². The van der Waals surface area contributed by atoms with Crippen molar-refractivity contribution in [2.24, 2.45) is 0 Å². The number of benzene rings is 6. The summed E-state index contributed by atoms with van der Waals surface area (Å²) in [5, 5.41) is 0.543. The van der Waals surface area contributed by atoms with Gasteiger partial charge in [0.25, 0.3) is 0 Å². The molecule has 0 amide bonds. The van der Waals surface area contributed by atoms with Crippen LogP contribution in [0.25, 0.3) is 11.1 Å². The molecule has 51 heavy (non-hydrogen) atoms. The molecule has 6 heteroatoms. The van der Waals surface area contributed by atoms with Gasteiger partial charge in [-0.1, -0.05) is 98.2 Å². The lowest BCUT2D eigenvalue weighted by atomic mass is 9.91. The molecule has 0 heterocycles. The number of carbonyl (C=O) groups excluding carboxylic acids is 2. The lowest BCUT2D eigenvalue weighted by molar-refractivity contribution is 0.0825. The Labute approximate surface area is 309 Å². The summed E-state index contributed by atoms with van der Waals surface area (Å²) in [6.45, 7) is 6.18. The number of ether oxygens (including phenoxy) is 2. The van der Waals surface area contributed by atoms with E-state index >= 15 is 0 Å². The molecule has 0 aliphatic carbocycles. The fourth-order valence-electron chi connectivity index (χ4n) is 5.82. The molecule has 2 atom stereocenters. The van der Waals surface area contributed by atoms with Crippen molar-refractivity contribution in [1.29, 1.82) is 0 Å². The van der Waals surface area contributed by atoms with Crippen LogP contribution in [0.2, 0.25) is 5.02 Å². The third-order valence-corrected chi connectivity index (χ3v) is 9.98. The Bertz CT molecular complexity index is 2090. The maximum Gasteiger partial charge on any atom is 0.193 e. The minimum absolute atomic E-state index is 0.0478. The summed E-state index contributed by atoms with van der Waals surface area (Å²) in [5.74, 6) is 1.99. The van der Waals surface area contributed by atoms with Crippen LogP contribution >= 0.6 is 23.2 Å². The molecule has 0 bridgehead atoms. The van der Waals surface area contributed by atoms with E-state index in [-0.39, 0.29) is 16.9 Å². The maximum atomic E-state index is 13.0. The first-order valence-electron chi connectivity index (χ1n) is 17.0. The summed E-state index contributed by atoms with van der Waals surface area (Å²) < 4.78 is 12.6. The molecule has 6 aromatic rings. The van der Waals surface area contributed by atoms with Crippen LogP contribution in [0.5, 0.6) is 17.2 Å². The lowest BCUT2D eigenvalue weighted by Crippen LogP contribution is -2.28. The van der Waals surface area contributed by atoms with Crippen molar-refractivity contribution in [1.82, 2.24) is 0 Å². The van der Waals surface area contributed by atoms with E-state index < -0.39 is 5.60 Å². The quantitative estimate of drug-likeness (QED) is 0.0883. The monoisotopic (exact) mass is 712 g/mol. The number of carbonyl (C=O) groups is 2. The summed E-state index contributed by atoms with van der Waals surface area (Å²) in [6, 6.07) is 45.1. The first-order chi connectivity index (χ1) is 24.7. The Kier molecular flexibility index (Phi) is 11.1. The van der Waals surface area contributed by atoms with Crippen LogP contribution in [-0.2, 0) is 5.60 Å². The van der Waals surface area contributed by atoms with Crippen molar-refractivity contribution in [3.8, 4) is 28.4 Å². The highest BCUT2D eigenvalue weighted by Crippen LogP contribution is 2.34. The minimum atomic E-state index is -0.581. The summed E-state index contributed by atoms with van der Waals surface area (Å²) in [5.41, 5.74) is 5.93. The van der Waals surface area contributed by atoms with E-state index in [2.05, 4.69) is 13.8 Å². The van der Waals surface area contributed by atoms with Gasteiger partial charge in [-0.3, -0.25) is 9.59 Å². The molecule has 0 radical (unpaired) electrons. The van der Waals surface area contributed by atoms with Crippen molar-refractivity contribution in [3.63, 3.8) is 0 Å². The van der Waals surface area contributed by atoms with Gasteiger partial charge in [-0.25, -0.2) is 0 Å². The highest BCUT2D eigenvalue weighted by atomic mass is 35.5. The molecule has 6 rings (SSSR count). The van der Waals surface area contributed by atoms with E-state index in [0.717, 1.165) is 40.8 Å². The average molecular weight is 714 g/mol. The van der Waals surface area contributed by atoms with E-state index in [1.807, 2.05) is 104 Å². The van der Waals surface area contributed by atoms with Crippen LogP contribution in [0.1, 0.15) is 82.0 Å². The first-order valence-corrected chi connectivity index (χ1v) is 17.8. The van der Waals surface area contributed by atoms with Gasteiger partial charge in [-0.05, 0) is 115 Å². The lowest BCUT2D eigenvalue weighted by Gasteiger charge is -2.30. The van der Waals surface area contributed by atoms with Crippen LogP contribution in [0, 0.1) is 0 Å². The van der Waals surface area contributed by atoms with E-state index in [1.165, 1.54) is 0 Å². The number of hydrogen-bond acceptors (Lipinski definition) is 4. The highest BCUT2D eigenvalue weighted by Gasteiger charge is 2.27. The van der Waals surface area contributed by atoms with Crippen molar-refractivity contribution in [2.45, 2.75) is 44.6 Å². The summed E-state index contributed by atoms with van der Waals surface area (Å²) in [7, 11) is 0. The van der Waals surface area contributed by atoms with Gasteiger partial charge in [0.05, 0.1) is 5.38 Å². The predicted octanol–water partition coefficient (Wildman–Crippen LogP) is 12.7. The van der Waals surface area contributed by atoms with Gasteiger partial charge in [0, 0.05) is 27.3 Å². The second-order valence-corrected chi connectivity index (χ2v) is 13.6. The largest absolute Gasteiger partial charge is 0.483 e.